The van der Waals surface area contributed by atoms with Crippen LogP contribution in [0, 0.1) is 5.92 Å². The minimum absolute atomic E-state index is 0.428. The molecule has 3 nitrogen and oxygen atoms in total. The van der Waals surface area contributed by atoms with Crippen LogP contribution in [-0.2, 0) is 6.42 Å². The monoisotopic (exact) mass is 290 g/mol. The predicted molar refractivity (Wildman–Crippen MR) is 89.0 cm³/mol. The van der Waals surface area contributed by atoms with E-state index in [2.05, 4.69) is 44.9 Å². The highest BCUT2D eigenvalue weighted by Crippen LogP contribution is 2.43. The standard InChI is InChI=1S/C18H30N2O/c1-6-14-7-8-15(12(2)3)17(18(14)21-5)16-9-13(10-19)11-20(16)4/h7-8,12-13,16H,6,9-11,19H2,1-5H3. The number of rotatable bonds is 5. The van der Waals surface area contributed by atoms with Crippen molar-refractivity contribution in [1.29, 1.82) is 0 Å². The van der Waals surface area contributed by atoms with Gasteiger partial charge in [-0.3, -0.25) is 4.90 Å². The highest BCUT2D eigenvalue weighted by atomic mass is 16.5. The van der Waals surface area contributed by atoms with Crippen LogP contribution in [0.5, 0.6) is 5.75 Å². The molecule has 0 amide bonds. The summed E-state index contributed by atoms with van der Waals surface area (Å²) in [5.41, 5.74) is 10.0. The first-order valence-electron chi connectivity index (χ1n) is 8.13. The van der Waals surface area contributed by atoms with Crippen LogP contribution in [0.4, 0.5) is 0 Å². The number of nitrogens with zero attached hydrogens (tertiary/aromatic N) is 1. The van der Waals surface area contributed by atoms with Gasteiger partial charge in [-0.15, -0.1) is 0 Å². The van der Waals surface area contributed by atoms with Crippen LogP contribution in [0.2, 0.25) is 0 Å². The molecule has 1 fully saturated rings. The lowest BCUT2D eigenvalue weighted by atomic mass is 9.87. The van der Waals surface area contributed by atoms with Crippen LogP contribution in [0.1, 0.15) is 55.8 Å². The quantitative estimate of drug-likeness (QED) is 0.904. The van der Waals surface area contributed by atoms with Crippen LogP contribution < -0.4 is 10.5 Å². The van der Waals surface area contributed by atoms with E-state index in [9.17, 15) is 0 Å². The Morgan fingerprint density at radius 3 is 2.57 bits per heavy atom. The molecular weight excluding hydrogens is 260 g/mol. The summed E-state index contributed by atoms with van der Waals surface area (Å²) in [4.78, 5) is 2.45. The van der Waals surface area contributed by atoms with Gasteiger partial charge in [0.1, 0.15) is 5.75 Å². The van der Waals surface area contributed by atoms with Gasteiger partial charge in [0.05, 0.1) is 7.11 Å². The number of hydrogen-bond acceptors (Lipinski definition) is 3. The van der Waals surface area contributed by atoms with E-state index in [1.165, 1.54) is 16.7 Å². The molecule has 0 radical (unpaired) electrons. The molecule has 3 heteroatoms. The molecule has 1 aliphatic heterocycles. The molecule has 0 spiro atoms. The number of hydrogen-bond donors (Lipinski definition) is 1. The third-order valence-electron chi connectivity index (χ3n) is 4.82. The van der Waals surface area contributed by atoms with Crippen molar-refractivity contribution in [3.63, 3.8) is 0 Å². The Kier molecular flexibility index (Phi) is 5.28. The number of likely N-dealkylation sites (tertiary alicyclic amines) is 1. The molecule has 1 saturated heterocycles. The average Bonchev–Trinajstić information content (AvgIpc) is 2.86. The number of nitrogens with two attached hydrogens (primary N) is 1. The zero-order valence-corrected chi connectivity index (χ0v) is 14.1. The van der Waals surface area contributed by atoms with Gasteiger partial charge in [-0.25, -0.2) is 0 Å². The second kappa shape index (κ2) is 6.80. The first-order valence-corrected chi connectivity index (χ1v) is 8.13. The Morgan fingerprint density at radius 2 is 2.10 bits per heavy atom. The van der Waals surface area contributed by atoms with Crippen LogP contribution in [-0.4, -0.2) is 32.1 Å². The second-order valence-electron chi connectivity index (χ2n) is 6.56. The third kappa shape index (κ3) is 3.09. The van der Waals surface area contributed by atoms with Crippen molar-refractivity contribution >= 4 is 0 Å². The highest BCUT2D eigenvalue weighted by molar-refractivity contribution is 5.50. The first-order chi connectivity index (χ1) is 10.0. The zero-order chi connectivity index (χ0) is 15.6. The minimum Gasteiger partial charge on any atom is -0.496 e. The Bertz CT molecular complexity index is 484. The molecule has 1 aromatic carbocycles. The van der Waals surface area contributed by atoms with Gasteiger partial charge in [-0.2, -0.15) is 0 Å². The van der Waals surface area contributed by atoms with Crippen LogP contribution >= 0.6 is 0 Å². The number of aryl methyl sites for hydroxylation is 1. The van der Waals surface area contributed by atoms with E-state index in [4.69, 9.17) is 10.5 Å². The first kappa shape index (κ1) is 16.3. The molecule has 1 aliphatic rings. The Morgan fingerprint density at radius 1 is 1.38 bits per heavy atom. The summed E-state index contributed by atoms with van der Waals surface area (Å²) in [5.74, 6) is 2.19. The topological polar surface area (TPSA) is 38.5 Å². The predicted octanol–water partition coefficient (Wildman–Crippen LogP) is 3.33. The Balaban J connectivity index is 2.53. The fraction of sp³-hybridized carbons (Fsp3) is 0.667. The molecule has 0 saturated carbocycles. The maximum absolute atomic E-state index is 5.90. The maximum atomic E-state index is 5.90. The van der Waals surface area contributed by atoms with E-state index < -0.39 is 0 Å². The van der Waals surface area contributed by atoms with E-state index >= 15 is 0 Å². The summed E-state index contributed by atoms with van der Waals surface area (Å²) in [7, 11) is 4.01. The largest absolute Gasteiger partial charge is 0.496 e. The molecule has 0 bridgehead atoms. The fourth-order valence-corrected chi connectivity index (χ4v) is 3.64. The SMILES string of the molecule is CCc1ccc(C(C)C)c(C2CC(CN)CN2C)c1OC. The van der Waals surface area contributed by atoms with Gasteiger partial charge in [0, 0.05) is 18.2 Å². The second-order valence-corrected chi connectivity index (χ2v) is 6.56. The maximum Gasteiger partial charge on any atom is 0.127 e. The molecule has 118 valence electrons. The highest BCUT2D eigenvalue weighted by Gasteiger charge is 2.34. The molecule has 2 atom stereocenters. The fourth-order valence-electron chi connectivity index (χ4n) is 3.64. The van der Waals surface area contributed by atoms with Crippen molar-refractivity contribution in [2.75, 3.05) is 27.2 Å². The van der Waals surface area contributed by atoms with Crippen molar-refractivity contribution in [3.8, 4) is 5.75 Å². The van der Waals surface area contributed by atoms with Crippen molar-refractivity contribution in [2.24, 2.45) is 11.7 Å². The Hall–Kier alpha value is -1.06. The Labute approximate surface area is 129 Å². The summed E-state index contributed by atoms with van der Waals surface area (Å²) in [6.07, 6.45) is 2.14. The third-order valence-corrected chi connectivity index (χ3v) is 4.82. The van der Waals surface area contributed by atoms with Gasteiger partial charge in [0.15, 0.2) is 0 Å². The van der Waals surface area contributed by atoms with Gasteiger partial charge in [0.2, 0.25) is 0 Å². The molecule has 2 N–H and O–H groups in total. The van der Waals surface area contributed by atoms with E-state index in [1.54, 1.807) is 7.11 Å². The molecular formula is C18H30N2O. The van der Waals surface area contributed by atoms with Gasteiger partial charge in [-0.1, -0.05) is 32.9 Å². The van der Waals surface area contributed by atoms with Gasteiger partial charge >= 0.3 is 0 Å². The van der Waals surface area contributed by atoms with Gasteiger partial charge in [0.25, 0.3) is 0 Å². The number of methoxy groups -OCH3 is 1. The summed E-state index contributed by atoms with van der Waals surface area (Å²) < 4.78 is 5.83. The number of ether oxygens (including phenoxy) is 1. The van der Waals surface area contributed by atoms with E-state index in [-0.39, 0.29) is 0 Å². The van der Waals surface area contributed by atoms with Crippen molar-refractivity contribution in [1.82, 2.24) is 4.90 Å². The molecule has 1 aromatic rings. The smallest absolute Gasteiger partial charge is 0.127 e. The van der Waals surface area contributed by atoms with Crippen LogP contribution in [0.15, 0.2) is 12.1 Å². The van der Waals surface area contributed by atoms with Crippen molar-refractivity contribution in [3.05, 3.63) is 28.8 Å². The number of benzene rings is 1. The minimum atomic E-state index is 0.428. The van der Waals surface area contributed by atoms with Gasteiger partial charge in [-0.05, 0) is 49.4 Å². The van der Waals surface area contributed by atoms with E-state index in [0.717, 1.165) is 31.7 Å². The van der Waals surface area contributed by atoms with E-state index in [0.29, 0.717) is 17.9 Å². The summed E-state index contributed by atoms with van der Waals surface area (Å²) in [6.45, 7) is 8.57. The normalized spacial score (nSPS) is 23.0. The average molecular weight is 290 g/mol. The molecule has 0 aliphatic carbocycles. The molecule has 1 heterocycles. The lowest BCUT2D eigenvalue weighted by molar-refractivity contribution is 0.300. The van der Waals surface area contributed by atoms with Crippen LogP contribution in [0.25, 0.3) is 0 Å². The molecule has 21 heavy (non-hydrogen) atoms. The van der Waals surface area contributed by atoms with Crippen LogP contribution in [0.3, 0.4) is 0 Å². The summed E-state index contributed by atoms with van der Waals surface area (Å²) >= 11 is 0. The van der Waals surface area contributed by atoms with Crippen molar-refractivity contribution < 1.29 is 4.74 Å². The summed E-state index contributed by atoms with van der Waals surface area (Å²) in [6, 6.07) is 4.95. The van der Waals surface area contributed by atoms with Gasteiger partial charge < -0.3 is 10.5 Å². The lowest BCUT2D eigenvalue weighted by Gasteiger charge is -2.27. The van der Waals surface area contributed by atoms with Crippen molar-refractivity contribution in [2.45, 2.75) is 45.6 Å². The molecule has 2 rings (SSSR count). The lowest BCUT2D eigenvalue weighted by Crippen LogP contribution is -2.22. The molecule has 0 aromatic heterocycles. The zero-order valence-electron chi connectivity index (χ0n) is 14.1. The van der Waals surface area contributed by atoms with E-state index in [1.807, 2.05) is 0 Å². The summed E-state index contributed by atoms with van der Waals surface area (Å²) in [5, 5.41) is 0. The molecule has 2 unspecified atom stereocenters.